The molecule has 2 aromatic carbocycles. The third-order valence-corrected chi connectivity index (χ3v) is 4.16. The summed E-state index contributed by atoms with van der Waals surface area (Å²) >= 11 is 1.01. The molecule has 0 spiro atoms. The number of amides is 1. The summed E-state index contributed by atoms with van der Waals surface area (Å²) in [6, 6.07) is 14.4. The van der Waals surface area contributed by atoms with Crippen LogP contribution in [0.15, 0.2) is 53.4 Å². The smallest absolute Gasteiger partial charge is 0.317 e. The lowest BCUT2D eigenvalue weighted by molar-refractivity contribution is -0.150. The van der Waals surface area contributed by atoms with Crippen LogP contribution in [-0.2, 0) is 14.3 Å². The molecule has 7 heteroatoms. The van der Waals surface area contributed by atoms with Gasteiger partial charge in [0.1, 0.15) is 5.82 Å². The lowest BCUT2D eigenvalue weighted by atomic mass is 10.2. The summed E-state index contributed by atoms with van der Waals surface area (Å²) < 4.78 is 18.5. The van der Waals surface area contributed by atoms with Gasteiger partial charge in [0.05, 0.1) is 17.4 Å². The number of benzene rings is 2. The molecular formula is C18H15FN2O3S. The van der Waals surface area contributed by atoms with Crippen LogP contribution in [0.2, 0.25) is 0 Å². The van der Waals surface area contributed by atoms with Crippen molar-refractivity contribution >= 4 is 29.3 Å². The number of thioether (sulfide) groups is 1. The number of nitrogens with zero attached hydrogens (tertiary/aromatic N) is 1. The molecule has 2 rings (SSSR count). The first-order valence-electron chi connectivity index (χ1n) is 7.37. The second-order valence-corrected chi connectivity index (χ2v) is 6.05. The van der Waals surface area contributed by atoms with E-state index in [2.05, 4.69) is 5.32 Å². The summed E-state index contributed by atoms with van der Waals surface area (Å²) in [4.78, 5) is 24.1. The highest BCUT2D eigenvalue weighted by molar-refractivity contribution is 8.00. The number of ether oxygens (including phenoxy) is 1. The minimum Gasteiger partial charge on any atom is -0.452 e. The third kappa shape index (κ3) is 5.62. The third-order valence-electron chi connectivity index (χ3n) is 3.14. The van der Waals surface area contributed by atoms with Crippen LogP contribution >= 0.6 is 11.8 Å². The van der Waals surface area contributed by atoms with Crippen molar-refractivity contribution in [3.63, 3.8) is 0 Å². The highest BCUT2D eigenvalue weighted by atomic mass is 32.2. The van der Waals surface area contributed by atoms with Crippen LogP contribution in [0.25, 0.3) is 0 Å². The summed E-state index contributed by atoms with van der Waals surface area (Å²) in [7, 11) is 0. The number of hydrogen-bond acceptors (Lipinski definition) is 5. The molecule has 0 aromatic heterocycles. The lowest BCUT2D eigenvalue weighted by Crippen LogP contribution is -2.30. The Morgan fingerprint density at radius 2 is 1.92 bits per heavy atom. The molecule has 25 heavy (non-hydrogen) atoms. The molecule has 0 saturated carbocycles. The second-order valence-electron chi connectivity index (χ2n) is 5.03. The molecule has 1 N–H and O–H groups in total. The predicted molar refractivity (Wildman–Crippen MR) is 92.5 cm³/mol. The zero-order valence-corrected chi connectivity index (χ0v) is 14.2. The molecule has 0 aliphatic heterocycles. The van der Waals surface area contributed by atoms with E-state index in [-0.39, 0.29) is 5.75 Å². The Morgan fingerprint density at radius 1 is 1.24 bits per heavy atom. The van der Waals surface area contributed by atoms with E-state index in [1.54, 1.807) is 42.5 Å². The molecule has 0 saturated heterocycles. The van der Waals surface area contributed by atoms with Gasteiger partial charge in [-0.2, -0.15) is 5.26 Å². The number of carbonyl (C=O) groups is 2. The van der Waals surface area contributed by atoms with E-state index in [9.17, 15) is 14.0 Å². The fourth-order valence-electron chi connectivity index (χ4n) is 1.86. The van der Waals surface area contributed by atoms with Gasteiger partial charge < -0.3 is 10.1 Å². The minimum absolute atomic E-state index is 0.102. The molecule has 0 radical (unpaired) electrons. The molecule has 128 valence electrons. The fraction of sp³-hybridized carbons (Fsp3) is 0.167. The molecular weight excluding hydrogens is 343 g/mol. The SMILES string of the molecule is C[C@@H](OC(=O)CSc1ccccc1F)C(=O)Nc1ccc(C#N)cc1. The number of nitriles is 1. The fourth-order valence-corrected chi connectivity index (χ4v) is 2.58. The molecule has 0 unspecified atom stereocenters. The summed E-state index contributed by atoms with van der Waals surface area (Å²) in [5.41, 5.74) is 0.968. The van der Waals surface area contributed by atoms with Crippen molar-refractivity contribution < 1.29 is 18.7 Å². The van der Waals surface area contributed by atoms with Crippen LogP contribution in [0.5, 0.6) is 0 Å². The van der Waals surface area contributed by atoms with Gasteiger partial charge in [-0.1, -0.05) is 12.1 Å². The first-order chi connectivity index (χ1) is 12.0. The summed E-state index contributed by atoms with van der Waals surface area (Å²) in [5.74, 6) is -1.62. The molecule has 0 aliphatic carbocycles. The maximum atomic E-state index is 13.5. The minimum atomic E-state index is -0.996. The van der Waals surface area contributed by atoms with Crippen LogP contribution in [0.4, 0.5) is 10.1 Å². The van der Waals surface area contributed by atoms with Gasteiger partial charge in [0, 0.05) is 10.6 Å². The molecule has 2 aromatic rings. The van der Waals surface area contributed by atoms with Gasteiger partial charge in [-0.15, -0.1) is 11.8 Å². The number of halogens is 1. The van der Waals surface area contributed by atoms with Crippen molar-refractivity contribution in [2.45, 2.75) is 17.9 Å². The average molecular weight is 358 g/mol. The van der Waals surface area contributed by atoms with E-state index < -0.39 is 23.8 Å². The van der Waals surface area contributed by atoms with Gasteiger partial charge in [-0.3, -0.25) is 9.59 Å². The van der Waals surface area contributed by atoms with Gasteiger partial charge in [0.2, 0.25) is 0 Å². The van der Waals surface area contributed by atoms with Gasteiger partial charge in [-0.05, 0) is 43.3 Å². The lowest BCUT2D eigenvalue weighted by Gasteiger charge is -2.13. The number of nitrogens with one attached hydrogen (secondary N) is 1. The topological polar surface area (TPSA) is 79.2 Å². The van der Waals surface area contributed by atoms with Crippen molar-refractivity contribution in [1.82, 2.24) is 0 Å². The number of anilines is 1. The summed E-state index contributed by atoms with van der Waals surface area (Å²) in [5, 5.41) is 11.3. The zero-order chi connectivity index (χ0) is 18.2. The van der Waals surface area contributed by atoms with Crippen molar-refractivity contribution in [2.75, 3.05) is 11.1 Å². The molecule has 1 amide bonds. The Bertz CT molecular complexity index is 803. The van der Waals surface area contributed by atoms with Crippen molar-refractivity contribution in [3.05, 3.63) is 59.9 Å². The van der Waals surface area contributed by atoms with Gasteiger partial charge >= 0.3 is 5.97 Å². The van der Waals surface area contributed by atoms with Crippen molar-refractivity contribution in [3.8, 4) is 6.07 Å². The summed E-state index contributed by atoms with van der Waals surface area (Å²) in [6.07, 6.45) is -0.996. The molecule has 1 atom stereocenters. The van der Waals surface area contributed by atoms with E-state index >= 15 is 0 Å². The summed E-state index contributed by atoms with van der Waals surface area (Å²) in [6.45, 7) is 1.45. The van der Waals surface area contributed by atoms with Crippen LogP contribution in [0.3, 0.4) is 0 Å². The Labute approximate surface area is 148 Å². The van der Waals surface area contributed by atoms with Gasteiger partial charge in [-0.25, -0.2) is 4.39 Å². The first kappa shape index (κ1) is 18.5. The highest BCUT2D eigenvalue weighted by Gasteiger charge is 2.18. The molecule has 0 bridgehead atoms. The molecule has 0 aliphatic rings. The van der Waals surface area contributed by atoms with E-state index in [1.807, 2.05) is 6.07 Å². The van der Waals surface area contributed by atoms with Gasteiger partial charge in [0.25, 0.3) is 5.91 Å². The van der Waals surface area contributed by atoms with Crippen LogP contribution < -0.4 is 5.32 Å². The van der Waals surface area contributed by atoms with Crippen molar-refractivity contribution in [2.24, 2.45) is 0 Å². The maximum Gasteiger partial charge on any atom is 0.317 e. The normalized spacial score (nSPS) is 11.2. The number of carbonyl (C=O) groups excluding carboxylic acids is 2. The Kier molecular flexibility index (Phi) is 6.54. The quantitative estimate of drug-likeness (QED) is 0.633. The predicted octanol–water partition coefficient (Wildman–Crippen LogP) is 3.36. The Balaban J connectivity index is 1.82. The number of esters is 1. The molecule has 5 nitrogen and oxygen atoms in total. The zero-order valence-electron chi connectivity index (χ0n) is 13.4. The van der Waals surface area contributed by atoms with Gasteiger partial charge in [0.15, 0.2) is 6.10 Å². The van der Waals surface area contributed by atoms with Crippen LogP contribution in [-0.4, -0.2) is 23.7 Å². The largest absolute Gasteiger partial charge is 0.452 e. The average Bonchev–Trinajstić information content (AvgIpc) is 2.61. The number of hydrogen-bond donors (Lipinski definition) is 1. The van der Waals surface area contributed by atoms with Crippen LogP contribution in [0, 0.1) is 17.1 Å². The van der Waals surface area contributed by atoms with E-state index in [1.165, 1.54) is 13.0 Å². The standard InChI is InChI=1S/C18H15FN2O3S/c1-12(18(23)21-14-8-6-13(10-20)7-9-14)24-17(22)11-25-16-5-3-2-4-15(16)19/h2-9,12H,11H2,1H3,(H,21,23)/t12-/m1/s1. The monoisotopic (exact) mass is 358 g/mol. The van der Waals surface area contributed by atoms with Crippen molar-refractivity contribution in [1.29, 1.82) is 5.26 Å². The molecule has 0 fully saturated rings. The first-order valence-corrected chi connectivity index (χ1v) is 8.36. The maximum absolute atomic E-state index is 13.5. The van der Waals surface area contributed by atoms with E-state index in [0.717, 1.165) is 11.8 Å². The highest BCUT2D eigenvalue weighted by Crippen LogP contribution is 2.21. The molecule has 0 heterocycles. The van der Waals surface area contributed by atoms with E-state index in [4.69, 9.17) is 10.00 Å². The second kappa shape index (κ2) is 8.85. The number of rotatable bonds is 6. The Morgan fingerprint density at radius 3 is 2.56 bits per heavy atom. The Hall–Kier alpha value is -2.85. The van der Waals surface area contributed by atoms with E-state index in [0.29, 0.717) is 16.1 Å². The van der Waals surface area contributed by atoms with Crippen LogP contribution in [0.1, 0.15) is 12.5 Å².